The number of fused-ring (bicyclic) bond motifs is 3. The highest BCUT2D eigenvalue weighted by atomic mass is 16.5. The zero-order valence-electron chi connectivity index (χ0n) is 19.3. The van der Waals surface area contributed by atoms with Gasteiger partial charge in [0.2, 0.25) is 0 Å². The fourth-order valence-electron chi connectivity index (χ4n) is 6.07. The summed E-state index contributed by atoms with van der Waals surface area (Å²) in [6.07, 6.45) is 7.09. The Balaban J connectivity index is 1.61. The molecule has 2 fully saturated rings. The predicted octanol–water partition coefficient (Wildman–Crippen LogP) is 2.97. The van der Waals surface area contributed by atoms with E-state index in [4.69, 9.17) is 20.2 Å². The third-order valence-corrected chi connectivity index (χ3v) is 7.92. The number of amides is 1. The molecular weight excluding hydrogens is 402 g/mol. The van der Waals surface area contributed by atoms with Gasteiger partial charge in [0.05, 0.1) is 18.8 Å². The first-order chi connectivity index (χ1) is 15.4. The number of rotatable bonds is 4. The average Bonchev–Trinajstić information content (AvgIpc) is 3.53. The lowest BCUT2D eigenvalue weighted by Gasteiger charge is -2.45. The molecule has 4 aliphatic rings. The lowest BCUT2D eigenvalue weighted by Crippen LogP contribution is -2.54. The topological polar surface area (TPSA) is 77.2 Å². The second kappa shape index (κ2) is 7.90. The zero-order chi connectivity index (χ0) is 22.5. The van der Waals surface area contributed by atoms with Gasteiger partial charge in [-0.05, 0) is 75.1 Å². The third kappa shape index (κ3) is 3.17. The molecule has 1 aromatic rings. The Morgan fingerprint density at radius 2 is 2.00 bits per heavy atom. The molecule has 0 aromatic heterocycles. The Morgan fingerprint density at radius 3 is 2.66 bits per heavy atom. The number of guanidine groups is 1. The van der Waals surface area contributed by atoms with Gasteiger partial charge < -0.3 is 15.2 Å². The van der Waals surface area contributed by atoms with Crippen molar-refractivity contribution in [3.05, 3.63) is 34.9 Å². The van der Waals surface area contributed by atoms with Gasteiger partial charge in [-0.2, -0.15) is 0 Å². The minimum absolute atomic E-state index is 0.0125. The molecule has 1 heterocycles. The van der Waals surface area contributed by atoms with Crippen molar-refractivity contribution in [3.8, 4) is 11.8 Å². The Bertz CT molecular complexity index is 1010. The highest BCUT2D eigenvalue weighted by Gasteiger charge is 2.67. The number of benzene rings is 1. The number of methoxy groups -OCH3 is 2. The average molecular weight is 436 g/mol. The lowest BCUT2D eigenvalue weighted by atomic mass is 9.61. The maximum atomic E-state index is 14.2. The van der Waals surface area contributed by atoms with Crippen molar-refractivity contribution >= 4 is 11.9 Å². The second-order valence-corrected chi connectivity index (χ2v) is 9.97. The minimum atomic E-state index is -0.982. The van der Waals surface area contributed by atoms with E-state index in [2.05, 4.69) is 30.0 Å². The predicted molar refractivity (Wildman–Crippen MR) is 123 cm³/mol. The van der Waals surface area contributed by atoms with E-state index in [1.165, 1.54) is 18.4 Å². The summed E-state index contributed by atoms with van der Waals surface area (Å²) in [5, 5.41) is 0. The monoisotopic (exact) mass is 435 g/mol. The van der Waals surface area contributed by atoms with Gasteiger partial charge in [0, 0.05) is 31.1 Å². The highest BCUT2D eigenvalue weighted by Crippen LogP contribution is 2.62. The normalized spacial score (nSPS) is 32.1. The van der Waals surface area contributed by atoms with Crippen LogP contribution in [0, 0.1) is 23.2 Å². The van der Waals surface area contributed by atoms with Crippen LogP contribution in [0.25, 0.3) is 0 Å². The van der Waals surface area contributed by atoms with Crippen LogP contribution in [0.4, 0.5) is 0 Å². The van der Waals surface area contributed by atoms with Crippen molar-refractivity contribution in [2.75, 3.05) is 20.8 Å². The first kappa shape index (κ1) is 21.5. The largest absolute Gasteiger partial charge is 0.383 e. The van der Waals surface area contributed by atoms with Crippen molar-refractivity contribution in [1.29, 1.82) is 0 Å². The number of aliphatic imine (C=N–C) groups is 1. The molecule has 2 spiro atoms. The standard InChI is InChI=1S/C26H33N3O3/c1-17(16-31-2)29-23(30)26(28-24(29)27)22-14-19(7-6-18-4-5-18)8-9-20(22)15-25(26)12-10-21(32-3)11-13-25/h8-9,14,17-18,21H,4-5,10-13,15-16H2,1-3H3,(H2,27,28). The summed E-state index contributed by atoms with van der Waals surface area (Å²) in [7, 11) is 3.42. The highest BCUT2D eigenvalue weighted by molar-refractivity contribution is 6.08. The van der Waals surface area contributed by atoms with E-state index in [0.29, 0.717) is 18.5 Å². The molecule has 2 atom stereocenters. The molecule has 170 valence electrons. The molecule has 0 radical (unpaired) electrons. The van der Waals surface area contributed by atoms with Gasteiger partial charge in [0.1, 0.15) is 0 Å². The van der Waals surface area contributed by atoms with Crippen LogP contribution >= 0.6 is 0 Å². The molecule has 0 bridgehead atoms. The van der Waals surface area contributed by atoms with Gasteiger partial charge >= 0.3 is 0 Å². The van der Waals surface area contributed by atoms with Crippen molar-refractivity contribution in [1.82, 2.24) is 4.90 Å². The van der Waals surface area contributed by atoms with Crippen LogP contribution in [-0.2, 0) is 26.2 Å². The number of hydrogen-bond acceptors (Lipinski definition) is 5. The molecule has 32 heavy (non-hydrogen) atoms. The van der Waals surface area contributed by atoms with Gasteiger partial charge in [-0.25, -0.2) is 4.99 Å². The quantitative estimate of drug-likeness (QED) is 0.738. The van der Waals surface area contributed by atoms with E-state index in [9.17, 15) is 4.79 Å². The maximum absolute atomic E-state index is 14.2. The summed E-state index contributed by atoms with van der Waals surface area (Å²) in [6, 6.07) is 6.19. The first-order valence-corrected chi connectivity index (χ1v) is 11.8. The minimum Gasteiger partial charge on any atom is -0.383 e. The molecular formula is C26H33N3O3. The van der Waals surface area contributed by atoms with Crippen molar-refractivity contribution in [2.24, 2.45) is 22.1 Å². The smallest absolute Gasteiger partial charge is 0.262 e. The van der Waals surface area contributed by atoms with E-state index >= 15 is 0 Å². The molecule has 0 saturated heterocycles. The summed E-state index contributed by atoms with van der Waals surface area (Å²) in [6.45, 7) is 2.38. The number of nitrogens with two attached hydrogens (primary N) is 1. The number of nitrogens with zero attached hydrogens (tertiary/aromatic N) is 2. The molecule has 2 saturated carbocycles. The number of hydrogen-bond donors (Lipinski definition) is 1. The van der Waals surface area contributed by atoms with Crippen LogP contribution < -0.4 is 5.73 Å². The summed E-state index contributed by atoms with van der Waals surface area (Å²) >= 11 is 0. The van der Waals surface area contributed by atoms with E-state index in [-0.39, 0.29) is 23.5 Å². The molecule has 6 heteroatoms. The van der Waals surface area contributed by atoms with Gasteiger partial charge in [0.25, 0.3) is 5.91 Å². The van der Waals surface area contributed by atoms with Crippen LogP contribution in [-0.4, -0.2) is 49.7 Å². The van der Waals surface area contributed by atoms with Gasteiger partial charge in [-0.3, -0.25) is 9.69 Å². The summed E-state index contributed by atoms with van der Waals surface area (Å²) in [5.41, 5.74) is 8.34. The van der Waals surface area contributed by atoms with Crippen LogP contribution in [0.15, 0.2) is 23.2 Å². The lowest BCUT2D eigenvalue weighted by molar-refractivity contribution is -0.140. The summed E-state index contributed by atoms with van der Waals surface area (Å²) < 4.78 is 11.0. The SMILES string of the molecule is COCC(C)N1C(=O)C2(N=C1N)c1cc(C#CC3CC3)ccc1CC21CCC(OC)CC1. The van der Waals surface area contributed by atoms with Gasteiger partial charge in [-0.1, -0.05) is 17.9 Å². The van der Waals surface area contributed by atoms with E-state index in [1.54, 1.807) is 19.1 Å². The van der Waals surface area contributed by atoms with Crippen molar-refractivity contribution < 1.29 is 14.3 Å². The molecule has 2 N–H and O–H groups in total. The molecule has 1 amide bonds. The molecule has 1 aromatic carbocycles. The van der Waals surface area contributed by atoms with Crippen LogP contribution in [0.1, 0.15) is 62.1 Å². The van der Waals surface area contributed by atoms with Crippen molar-refractivity contribution in [3.63, 3.8) is 0 Å². The number of carbonyl (C=O) groups excluding carboxylic acids is 1. The fourth-order valence-corrected chi connectivity index (χ4v) is 6.07. The Hall–Kier alpha value is -2.36. The van der Waals surface area contributed by atoms with Crippen LogP contribution in [0.2, 0.25) is 0 Å². The number of ether oxygens (including phenoxy) is 2. The molecule has 1 aliphatic heterocycles. The maximum Gasteiger partial charge on any atom is 0.262 e. The van der Waals surface area contributed by atoms with Gasteiger partial charge in [0.15, 0.2) is 11.5 Å². The van der Waals surface area contributed by atoms with E-state index in [1.807, 2.05) is 6.92 Å². The Kier molecular flexibility index (Phi) is 5.30. The Labute approximate surface area is 190 Å². The first-order valence-electron chi connectivity index (χ1n) is 11.8. The Morgan fingerprint density at radius 1 is 1.25 bits per heavy atom. The van der Waals surface area contributed by atoms with Crippen molar-refractivity contribution in [2.45, 2.75) is 69.6 Å². The zero-order valence-corrected chi connectivity index (χ0v) is 19.3. The fraction of sp³-hybridized carbons (Fsp3) is 0.615. The van der Waals surface area contributed by atoms with E-state index < -0.39 is 5.54 Å². The van der Waals surface area contributed by atoms with E-state index in [0.717, 1.165) is 43.2 Å². The van der Waals surface area contributed by atoms with Gasteiger partial charge in [-0.15, -0.1) is 0 Å². The summed E-state index contributed by atoms with van der Waals surface area (Å²) in [5.74, 6) is 7.50. The molecule has 3 aliphatic carbocycles. The molecule has 6 nitrogen and oxygen atoms in total. The summed E-state index contributed by atoms with van der Waals surface area (Å²) in [4.78, 5) is 20.9. The molecule has 2 unspecified atom stereocenters. The van der Waals surface area contributed by atoms with Crippen LogP contribution in [0.5, 0.6) is 0 Å². The second-order valence-electron chi connectivity index (χ2n) is 9.97. The molecule has 5 rings (SSSR count). The van der Waals surface area contributed by atoms with Crippen LogP contribution in [0.3, 0.4) is 0 Å². The number of carbonyl (C=O) groups is 1. The third-order valence-electron chi connectivity index (χ3n) is 7.92.